The van der Waals surface area contributed by atoms with Crippen molar-refractivity contribution in [1.29, 1.82) is 0 Å². The molecule has 0 atom stereocenters. The van der Waals surface area contributed by atoms with Crippen LogP contribution in [0.1, 0.15) is 5.56 Å². The maximum absolute atomic E-state index is 13.6. The summed E-state index contributed by atoms with van der Waals surface area (Å²) in [5.41, 5.74) is 0.443. The molecule has 150 valence electrons. The average Bonchev–Trinajstić information content (AvgIpc) is 2.68. The van der Waals surface area contributed by atoms with Crippen LogP contribution in [0, 0.1) is 5.82 Å². The van der Waals surface area contributed by atoms with E-state index in [1.807, 2.05) is 0 Å². The number of rotatable bonds is 8. The van der Waals surface area contributed by atoms with Crippen molar-refractivity contribution in [3.8, 4) is 17.2 Å². The van der Waals surface area contributed by atoms with Gasteiger partial charge in [-0.3, -0.25) is 9.59 Å². The molecule has 1 amide bonds. The van der Waals surface area contributed by atoms with Gasteiger partial charge in [0.25, 0.3) is 5.91 Å². The first-order valence-corrected chi connectivity index (χ1v) is 8.45. The monoisotopic (exact) mass is 411 g/mol. The van der Waals surface area contributed by atoms with E-state index in [2.05, 4.69) is 5.32 Å². The molecule has 7 nitrogen and oxygen atoms in total. The quantitative estimate of drug-likeness (QED) is 0.671. The minimum atomic E-state index is -0.695. The Kier molecular flexibility index (Phi) is 7.45. The predicted molar refractivity (Wildman–Crippen MR) is 101 cm³/mol. The molecular weight excluding hydrogens is 393 g/mol. The Morgan fingerprint density at radius 3 is 2.25 bits per heavy atom. The van der Waals surface area contributed by atoms with E-state index in [0.29, 0.717) is 22.8 Å². The first-order chi connectivity index (χ1) is 13.4. The first-order valence-electron chi connectivity index (χ1n) is 8.07. The molecule has 28 heavy (non-hydrogen) atoms. The maximum atomic E-state index is 13.6. The number of nitrogens with one attached hydrogen (secondary N) is 1. The van der Waals surface area contributed by atoms with E-state index in [0.717, 1.165) is 6.07 Å². The Bertz CT molecular complexity index is 848. The van der Waals surface area contributed by atoms with Crippen molar-refractivity contribution in [3.63, 3.8) is 0 Å². The van der Waals surface area contributed by atoms with Gasteiger partial charge in [-0.05, 0) is 35.9 Å². The molecule has 0 saturated heterocycles. The molecule has 0 unspecified atom stereocenters. The van der Waals surface area contributed by atoms with Crippen LogP contribution in [-0.4, -0.2) is 39.8 Å². The zero-order chi connectivity index (χ0) is 20.7. The highest BCUT2D eigenvalue weighted by atomic mass is 35.5. The molecule has 2 aromatic carbocycles. The van der Waals surface area contributed by atoms with Crippen LogP contribution in [0.4, 0.5) is 10.1 Å². The lowest BCUT2D eigenvalue weighted by Gasteiger charge is -2.14. The first kappa shape index (κ1) is 21.3. The zero-order valence-electron chi connectivity index (χ0n) is 15.5. The molecule has 9 heteroatoms. The summed E-state index contributed by atoms with van der Waals surface area (Å²) in [6.07, 6.45) is -0.129. The second kappa shape index (κ2) is 9.80. The van der Waals surface area contributed by atoms with Crippen LogP contribution >= 0.6 is 11.6 Å². The lowest BCUT2D eigenvalue weighted by atomic mass is 10.1. The molecule has 0 aromatic heterocycles. The van der Waals surface area contributed by atoms with Gasteiger partial charge in [0.2, 0.25) is 5.75 Å². The van der Waals surface area contributed by atoms with Crippen LogP contribution < -0.4 is 19.5 Å². The van der Waals surface area contributed by atoms with E-state index in [9.17, 15) is 14.0 Å². The topological polar surface area (TPSA) is 83.1 Å². The van der Waals surface area contributed by atoms with Gasteiger partial charge in [0.05, 0.1) is 33.4 Å². The largest absolute Gasteiger partial charge is 0.493 e. The van der Waals surface area contributed by atoms with E-state index >= 15 is 0 Å². The second-order valence-electron chi connectivity index (χ2n) is 5.54. The fourth-order valence-electron chi connectivity index (χ4n) is 2.38. The number of benzene rings is 2. The van der Waals surface area contributed by atoms with Gasteiger partial charge in [-0.25, -0.2) is 4.39 Å². The number of carbonyl (C=O) groups excluding carboxylic acids is 2. The van der Waals surface area contributed by atoms with Crippen LogP contribution in [0.2, 0.25) is 5.02 Å². The molecule has 0 aliphatic rings. The van der Waals surface area contributed by atoms with Crippen molar-refractivity contribution < 1.29 is 32.9 Å². The highest BCUT2D eigenvalue weighted by Gasteiger charge is 2.16. The summed E-state index contributed by atoms with van der Waals surface area (Å²) in [7, 11) is 4.38. The third-order valence-electron chi connectivity index (χ3n) is 3.64. The van der Waals surface area contributed by atoms with E-state index in [-0.39, 0.29) is 17.1 Å². The normalized spacial score (nSPS) is 10.2. The maximum Gasteiger partial charge on any atom is 0.310 e. The number of halogens is 2. The fraction of sp³-hybridized carbons (Fsp3) is 0.263. The highest BCUT2D eigenvalue weighted by Crippen LogP contribution is 2.38. The van der Waals surface area contributed by atoms with E-state index in [1.54, 1.807) is 12.1 Å². The molecule has 0 fully saturated rings. The molecule has 0 aliphatic heterocycles. The van der Waals surface area contributed by atoms with E-state index in [1.165, 1.54) is 33.5 Å². The summed E-state index contributed by atoms with van der Waals surface area (Å²) in [4.78, 5) is 23.9. The molecule has 0 radical (unpaired) electrons. The van der Waals surface area contributed by atoms with Crippen LogP contribution in [0.3, 0.4) is 0 Å². The summed E-state index contributed by atoms with van der Waals surface area (Å²) in [6.45, 7) is -0.574. The van der Waals surface area contributed by atoms with Gasteiger partial charge < -0.3 is 24.3 Å². The van der Waals surface area contributed by atoms with Gasteiger partial charge in [-0.2, -0.15) is 0 Å². The summed E-state index contributed by atoms with van der Waals surface area (Å²) in [6, 6.07) is 6.93. The highest BCUT2D eigenvalue weighted by molar-refractivity contribution is 6.30. The Labute approximate surface area is 166 Å². The summed E-state index contributed by atoms with van der Waals surface area (Å²) >= 11 is 5.76. The Hall–Kier alpha value is -3.00. The number of hydrogen-bond donors (Lipinski definition) is 1. The number of methoxy groups -OCH3 is 3. The molecular formula is C19H19ClFNO6. The van der Waals surface area contributed by atoms with Crippen LogP contribution in [0.25, 0.3) is 0 Å². The number of ether oxygens (including phenoxy) is 4. The minimum Gasteiger partial charge on any atom is -0.493 e. The third kappa shape index (κ3) is 5.50. The van der Waals surface area contributed by atoms with Gasteiger partial charge >= 0.3 is 5.97 Å². The number of carbonyl (C=O) groups is 2. The Balaban J connectivity index is 1.97. The lowest BCUT2D eigenvalue weighted by molar-refractivity contribution is -0.146. The van der Waals surface area contributed by atoms with Crippen molar-refractivity contribution in [1.82, 2.24) is 0 Å². The summed E-state index contributed by atoms with van der Waals surface area (Å²) < 4.78 is 34.2. The predicted octanol–water partition coefficient (Wildman–Crippen LogP) is 3.23. The van der Waals surface area contributed by atoms with E-state index in [4.69, 9.17) is 30.5 Å². The van der Waals surface area contributed by atoms with Crippen molar-refractivity contribution in [2.45, 2.75) is 6.42 Å². The SMILES string of the molecule is COc1cc(CC(=O)OCC(=O)Nc2cc(Cl)ccc2F)cc(OC)c1OC. The smallest absolute Gasteiger partial charge is 0.310 e. The molecule has 0 bridgehead atoms. The third-order valence-corrected chi connectivity index (χ3v) is 3.87. The number of hydrogen-bond acceptors (Lipinski definition) is 6. The van der Waals surface area contributed by atoms with Gasteiger partial charge in [-0.1, -0.05) is 11.6 Å². The van der Waals surface area contributed by atoms with Crippen molar-refractivity contribution in [3.05, 3.63) is 46.7 Å². The minimum absolute atomic E-state index is 0.0989. The molecule has 0 spiro atoms. The number of esters is 1. The molecule has 0 aliphatic carbocycles. The van der Waals surface area contributed by atoms with Gasteiger partial charge in [-0.15, -0.1) is 0 Å². The standard InChI is InChI=1S/C19H19ClFNO6/c1-25-15-6-11(7-16(26-2)19(15)27-3)8-18(24)28-10-17(23)22-14-9-12(20)4-5-13(14)21/h4-7,9H,8,10H2,1-3H3,(H,22,23). The number of amides is 1. The molecule has 2 aromatic rings. The lowest BCUT2D eigenvalue weighted by Crippen LogP contribution is -2.22. The Morgan fingerprint density at radius 2 is 1.68 bits per heavy atom. The number of anilines is 1. The van der Waals surface area contributed by atoms with E-state index < -0.39 is 24.3 Å². The van der Waals surface area contributed by atoms with Gasteiger partial charge in [0.1, 0.15) is 5.82 Å². The van der Waals surface area contributed by atoms with Crippen LogP contribution in [-0.2, 0) is 20.7 Å². The average molecular weight is 412 g/mol. The fourth-order valence-corrected chi connectivity index (χ4v) is 2.55. The molecule has 0 heterocycles. The summed E-state index contributed by atoms with van der Waals surface area (Å²) in [5, 5.41) is 2.55. The van der Waals surface area contributed by atoms with Gasteiger partial charge in [0.15, 0.2) is 18.1 Å². The second-order valence-corrected chi connectivity index (χ2v) is 5.98. The van der Waals surface area contributed by atoms with Crippen molar-refractivity contribution in [2.75, 3.05) is 33.3 Å². The Morgan fingerprint density at radius 1 is 1.04 bits per heavy atom. The zero-order valence-corrected chi connectivity index (χ0v) is 16.3. The van der Waals surface area contributed by atoms with Crippen molar-refractivity contribution in [2.24, 2.45) is 0 Å². The van der Waals surface area contributed by atoms with Crippen molar-refractivity contribution >= 4 is 29.2 Å². The summed E-state index contributed by atoms with van der Waals surface area (Å²) in [5.74, 6) is -0.834. The molecule has 0 saturated carbocycles. The van der Waals surface area contributed by atoms with Crippen LogP contribution in [0.5, 0.6) is 17.2 Å². The molecule has 1 N–H and O–H groups in total. The van der Waals surface area contributed by atoms with Gasteiger partial charge in [0, 0.05) is 5.02 Å². The van der Waals surface area contributed by atoms with Crippen LogP contribution in [0.15, 0.2) is 30.3 Å². The molecule has 2 rings (SSSR count).